The first kappa shape index (κ1) is 19.7. The van der Waals surface area contributed by atoms with Crippen molar-refractivity contribution in [2.24, 2.45) is 10.7 Å². The van der Waals surface area contributed by atoms with Gasteiger partial charge in [0.15, 0.2) is 5.96 Å². The van der Waals surface area contributed by atoms with Gasteiger partial charge >= 0.3 is 0 Å². The van der Waals surface area contributed by atoms with Crippen molar-refractivity contribution in [3.8, 4) is 5.75 Å². The molecule has 0 saturated carbocycles. The molecule has 27 heavy (non-hydrogen) atoms. The number of hydrogen-bond donors (Lipinski definition) is 1. The lowest BCUT2D eigenvalue weighted by atomic mass is 10.0. The molecule has 2 aliphatic rings. The predicted octanol–water partition coefficient (Wildman–Crippen LogP) is 3.06. The first-order chi connectivity index (χ1) is 12.7. The van der Waals surface area contributed by atoms with Crippen LogP contribution in [0.25, 0.3) is 0 Å². The fraction of sp³-hybridized carbons (Fsp3) is 0.350. The van der Waals surface area contributed by atoms with Crippen molar-refractivity contribution in [2.75, 3.05) is 44.2 Å². The number of benzene rings is 2. The Morgan fingerprint density at radius 3 is 2.52 bits per heavy atom. The number of ether oxygens (including phenoxy) is 1. The lowest BCUT2D eigenvalue weighted by molar-refractivity contribution is 0.331. The van der Waals surface area contributed by atoms with Crippen molar-refractivity contribution in [1.82, 2.24) is 4.90 Å². The quantitative estimate of drug-likeness (QED) is 0.415. The van der Waals surface area contributed by atoms with Gasteiger partial charge in [0, 0.05) is 43.3 Å². The number of rotatable bonds is 3. The molecule has 0 radical (unpaired) electrons. The maximum Gasteiger partial charge on any atom is 0.191 e. The lowest BCUT2D eigenvalue weighted by Gasteiger charge is -2.36. The molecule has 0 amide bonds. The Balaban J connectivity index is 0.00000210. The standard InChI is InChI=1S/C20H23FN4O.HI/c21-16-5-7-17(8-6-16)24-9-11-25(12-10-24)20(22)23-13-15-14-26-19-4-2-1-3-18(15)19;/h1-8,15H,9-14H2,(H2,22,23);1H. The van der Waals surface area contributed by atoms with Gasteiger partial charge in [-0.3, -0.25) is 4.99 Å². The Bertz CT molecular complexity index is 791. The van der Waals surface area contributed by atoms with Gasteiger partial charge in [-0.15, -0.1) is 24.0 Å². The molecule has 1 unspecified atom stereocenters. The number of nitrogens with two attached hydrogens (primary N) is 1. The summed E-state index contributed by atoms with van der Waals surface area (Å²) in [6.07, 6.45) is 0. The van der Waals surface area contributed by atoms with Gasteiger partial charge in [-0.1, -0.05) is 18.2 Å². The molecule has 1 atom stereocenters. The molecule has 2 aromatic carbocycles. The van der Waals surface area contributed by atoms with Crippen LogP contribution in [0, 0.1) is 5.82 Å². The number of fused-ring (bicyclic) bond motifs is 1. The minimum absolute atomic E-state index is 0. The van der Waals surface area contributed by atoms with Gasteiger partial charge in [-0.05, 0) is 30.3 Å². The Morgan fingerprint density at radius 2 is 1.78 bits per heavy atom. The second-order valence-electron chi connectivity index (χ2n) is 6.70. The average molecular weight is 482 g/mol. The molecule has 2 aliphatic heterocycles. The smallest absolute Gasteiger partial charge is 0.191 e. The van der Waals surface area contributed by atoms with Gasteiger partial charge in [-0.2, -0.15) is 0 Å². The summed E-state index contributed by atoms with van der Waals surface area (Å²) >= 11 is 0. The zero-order valence-electron chi connectivity index (χ0n) is 15.1. The van der Waals surface area contributed by atoms with E-state index in [1.165, 1.54) is 17.7 Å². The maximum atomic E-state index is 13.1. The van der Waals surface area contributed by atoms with Crippen molar-refractivity contribution in [3.63, 3.8) is 0 Å². The van der Waals surface area contributed by atoms with E-state index in [4.69, 9.17) is 10.5 Å². The highest BCUT2D eigenvalue weighted by molar-refractivity contribution is 14.0. The van der Waals surface area contributed by atoms with Crippen LogP contribution in [0.15, 0.2) is 53.5 Å². The molecule has 0 spiro atoms. The summed E-state index contributed by atoms with van der Waals surface area (Å²) in [7, 11) is 0. The number of nitrogens with zero attached hydrogens (tertiary/aromatic N) is 3. The third kappa shape index (κ3) is 4.45. The molecular weight excluding hydrogens is 458 g/mol. The molecule has 5 nitrogen and oxygen atoms in total. The Morgan fingerprint density at radius 1 is 1.07 bits per heavy atom. The molecule has 1 fully saturated rings. The molecule has 2 aromatic rings. The monoisotopic (exact) mass is 482 g/mol. The SMILES string of the molecule is I.NC(=NCC1COc2ccccc21)N1CCN(c2ccc(F)cc2)CC1. The van der Waals surface area contributed by atoms with Crippen molar-refractivity contribution >= 4 is 35.6 Å². The molecule has 2 heterocycles. The highest BCUT2D eigenvalue weighted by Gasteiger charge is 2.24. The van der Waals surface area contributed by atoms with Gasteiger partial charge in [-0.25, -0.2) is 4.39 Å². The molecule has 0 aliphatic carbocycles. The minimum Gasteiger partial charge on any atom is -0.493 e. The number of aliphatic imine (C=N–C) groups is 1. The van der Waals surface area contributed by atoms with Gasteiger partial charge in [0.25, 0.3) is 0 Å². The van der Waals surface area contributed by atoms with Crippen LogP contribution in [0.4, 0.5) is 10.1 Å². The average Bonchev–Trinajstić information content (AvgIpc) is 3.10. The predicted molar refractivity (Wildman–Crippen MR) is 117 cm³/mol. The summed E-state index contributed by atoms with van der Waals surface area (Å²) < 4.78 is 18.8. The van der Waals surface area contributed by atoms with Crippen LogP contribution in [0.2, 0.25) is 0 Å². The van der Waals surface area contributed by atoms with Crippen LogP contribution in [0.3, 0.4) is 0 Å². The van der Waals surface area contributed by atoms with Crippen LogP contribution in [-0.2, 0) is 0 Å². The largest absolute Gasteiger partial charge is 0.493 e. The number of para-hydroxylation sites is 1. The fourth-order valence-corrected chi connectivity index (χ4v) is 3.53. The van der Waals surface area contributed by atoms with E-state index in [9.17, 15) is 4.39 Å². The van der Waals surface area contributed by atoms with Crippen LogP contribution in [0.1, 0.15) is 11.5 Å². The van der Waals surface area contributed by atoms with Gasteiger partial charge < -0.3 is 20.3 Å². The van der Waals surface area contributed by atoms with Crippen LogP contribution >= 0.6 is 24.0 Å². The Hall–Kier alpha value is -2.03. The van der Waals surface area contributed by atoms with E-state index >= 15 is 0 Å². The summed E-state index contributed by atoms with van der Waals surface area (Å²) in [6.45, 7) is 4.61. The van der Waals surface area contributed by atoms with E-state index in [1.807, 2.05) is 30.3 Å². The van der Waals surface area contributed by atoms with Gasteiger partial charge in [0.05, 0.1) is 13.2 Å². The molecule has 144 valence electrons. The lowest BCUT2D eigenvalue weighted by Crippen LogP contribution is -2.51. The normalized spacial score (nSPS) is 19.3. The Kier molecular flexibility index (Phi) is 6.41. The Labute approximate surface area is 176 Å². The fourth-order valence-electron chi connectivity index (χ4n) is 3.53. The number of halogens is 2. The highest BCUT2D eigenvalue weighted by Crippen LogP contribution is 2.33. The first-order valence-corrected chi connectivity index (χ1v) is 8.98. The van der Waals surface area contributed by atoms with E-state index < -0.39 is 0 Å². The van der Waals surface area contributed by atoms with E-state index in [0.29, 0.717) is 19.1 Å². The van der Waals surface area contributed by atoms with Crippen molar-refractivity contribution in [2.45, 2.75) is 5.92 Å². The molecule has 7 heteroatoms. The zero-order valence-corrected chi connectivity index (χ0v) is 17.4. The van der Waals surface area contributed by atoms with Crippen LogP contribution < -0.4 is 15.4 Å². The van der Waals surface area contributed by atoms with Crippen molar-refractivity contribution < 1.29 is 9.13 Å². The van der Waals surface area contributed by atoms with E-state index in [2.05, 4.69) is 20.9 Å². The highest BCUT2D eigenvalue weighted by atomic mass is 127. The molecular formula is C20H24FIN4O. The number of piperazine rings is 1. The van der Waals surface area contributed by atoms with E-state index in [-0.39, 0.29) is 35.7 Å². The summed E-state index contributed by atoms with van der Waals surface area (Å²) in [5.74, 6) is 1.61. The molecule has 0 aromatic heterocycles. The summed E-state index contributed by atoms with van der Waals surface area (Å²) in [5.41, 5.74) is 8.47. The van der Waals surface area contributed by atoms with E-state index in [0.717, 1.165) is 37.6 Å². The third-order valence-electron chi connectivity index (χ3n) is 5.07. The molecule has 1 saturated heterocycles. The summed E-state index contributed by atoms with van der Waals surface area (Å²) in [5, 5.41) is 0. The number of hydrogen-bond acceptors (Lipinski definition) is 3. The second kappa shape index (κ2) is 8.77. The van der Waals surface area contributed by atoms with Gasteiger partial charge in [0.1, 0.15) is 11.6 Å². The van der Waals surface area contributed by atoms with Gasteiger partial charge in [0.2, 0.25) is 0 Å². The molecule has 2 N–H and O–H groups in total. The van der Waals surface area contributed by atoms with Crippen molar-refractivity contribution in [3.05, 3.63) is 59.9 Å². The maximum absolute atomic E-state index is 13.1. The number of guanidine groups is 1. The van der Waals surface area contributed by atoms with E-state index in [1.54, 1.807) is 0 Å². The third-order valence-corrected chi connectivity index (χ3v) is 5.07. The summed E-state index contributed by atoms with van der Waals surface area (Å²) in [4.78, 5) is 8.96. The first-order valence-electron chi connectivity index (χ1n) is 8.98. The molecule has 0 bridgehead atoms. The van der Waals surface area contributed by atoms with Crippen LogP contribution in [0.5, 0.6) is 5.75 Å². The molecule has 4 rings (SSSR count). The minimum atomic E-state index is -0.207. The summed E-state index contributed by atoms with van der Waals surface area (Å²) in [6, 6.07) is 14.7. The topological polar surface area (TPSA) is 54.1 Å². The number of anilines is 1. The van der Waals surface area contributed by atoms with Crippen LogP contribution in [-0.4, -0.2) is 50.2 Å². The zero-order chi connectivity index (χ0) is 17.9. The van der Waals surface area contributed by atoms with Crippen molar-refractivity contribution in [1.29, 1.82) is 0 Å². The second-order valence-corrected chi connectivity index (χ2v) is 6.70.